The summed E-state index contributed by atoms with van der Waals surface area (Å²) in [6.07, 6.45) is 0. The van der Waals surface area contributed by atoms with Crippen LogP contribution in [-0.4, -0.2) is 25.6 Å². The van der Waals surface area contributed by atoms with E-state index >= 15 is 8.78 Å². The number of halogens is 3. The number of ether oxygens (including phenoxy) is 2. The van der Waals surface area contributed by atoms with Crippen molar-refractivity contribution < 1.29 is 27.5 Å². The van der Waals surface area contributed by atoms with Crippen molar-refractivity contribution in [1.82, 2.24) is 0 Å². The molecule has 0 saturated heterocycles. The van der Waals surface area contributed by atoms with Crippen LogP contribution in [0.2, 0.25) is 0 Å². The number of carbonyl (C=O) groups is 1. The van der Waals surface area contributed by atoms with Crippen molar-refractivity contribution in [1.29, 1.82) is 0 Å². The summed E-state index contributed by atoms with van der Waals surface area (Å²) in [6.45, 7) is 1.33. The number of carbonyl (C=O) groups excluding carboxylic acids is 1. The van der Waals surface area contributed by atoms with Crippen molar-refractivity contribution in [2.75, 3.05) is 19.0 Å². The fraction of sp³-hybridized carbons (Fsp3) is 0.208. The molecule has 0 amide bonds. The molecule has 0 aliphatic rings. The van der Waals surface area contributed by atoms with Crippen molar-refractivity contribution in [2.45, 2.75) is 18.9 Å². The molecule has 0 aliphatic carbocycles. The molecule has 166 valence electrons. The normalized spacial score (nSPS) is 12.7. The second-order valence-electron chi connectivity index (χ2n) is 7.12. The van der Waals surface area contributed by atoms with E-state index in [1.165, 1.54) is 26.2 Å². The van der Waals surface area contributed by atoms with E-state index in [4.69, 9.17) is 9.15 Å². The Kier molecular flexibility index (Phi) is 6.06. The lowest BCUT2D eigenvalue weighted by Gasteiger charge is -2.28. The minimum Gasteiger partial charge on any atom is -0.494 e. The zero-order valence-corrected chi connectivity index (χ0v) is 18.9. The number of methoxy groups -OCH3 is 1. The van der Waals surface area contributed by atoms with E-state index in [9.17, 15) is 4.79 Å². The number of para-hydroxylation sites is 1. The molecule has 1 aromatic heterocycles. The molecule has 0 fully saturated rings. The number of nitrogens with one attached hydrogen (secondary N) is 1. The van der Waals surface area contributed by atoms with Gasteiger partial charge in [0.15, 0.2) is 0 Å². The van der Waals surface area contributed by atoms with Gasteiger partial charge in [0.2, 0.25) is 0 Å². The molecule has 8 heteroatoms. The molecule has 1 N–H and O–H groups in total. The first-order chi connectivity index (χ1) is 15.3. The minimum absolute atomic E-state index is 0.157. The van der Waals surface area contributed by atoms with Crippen LogP contribution in [0.25, 0.3) is 21.9 Å². The van der Waals surface area contributed by atoms with Crippen LogP contribution in [0.5, 0.6) is 5.75 Å². The van der Waals surface area contributed by atoms with E-state index in [0.717, 1.165) is 10.8 Å². The summed E-state index contributed by atoms with van der Waals surface area (Å²) in [5, 5.41) is 4.40. The number of fused-ring (bicyclic) bond motifs is 3. The van der Waals surface area contributed by atoms with Gasteiger partial charge in [-0.25, -0.2) is 4.79 Å². The Balaban J connectivity index is 1.85. The predicted octanol–water partition coefficient (Wildman–Crippen LogP) is 6.71. The Morgan fingerprint density at radius 2 is 1.88 bits per heavy atom. The molecule has 4 rings (SSSR count). The molecular weight excluding hydrogens is 484 g/mol. The fourth-order valence-electron chi connectivity index (χ4n) is 3.60. The number of hydrogen-bond acceptors (Lipinski definition) is 5. The third-order valence-electron chi connectivity index (χ3n) is 5.09. The van der Waals surface area contributed by atoms with Gasteiger partial charge >= 0.3 is 11.9 Å². The summed E-state index contributed by atoms with van der Waals surface area (Å²) in [5.41, 5.74) is 1.73. The number of rotatable bonds is 7. The Morgan fingerprint density at radius 3 is 2.59 bits per heavy atom. The van der Waals surface area contributed by atoms with Crippen molar-refractivity contribution in [3.63, 3.8) is 0 Å². The van der Waals surface area contributed by atoms with Crippen LogP contribution in [0.1, 0.15) is 18.5 Å². The van der Waals surface area contributed by atoms with E-state index < -0.39 is 17.9 Å². The van der Waals surface area contributed by atoms with Gasteiger partial charge in [0.1, 0.15) is 23.0 Å². The molecule has 0 saturated carbocycles. The molecule has 1 atom stereocenters. The first-order valence-electron chi connectivity index (χ1n) is 9.91. The lowest BCUT2D eigenvalue weighted by atomic mass is 9.99. The Morgan fingerprint density at radius 1 is 1.09 bits per heavy atom. The highest BCUT2D eigenvalue weighted by Crippen LogP contribution is 2.41. The van der Waals surface area contributed by atoms with Crippen LogP contribution in [0, 0.1) is 0 Å². The molecule has 1 unspecified atom stereocenters. The predicted molar refractivity (Wildman–Crippen MR) is 122 cm³/mol. The van der Waals surface area contributed by atoms with Crippen molar-refractivity contribution >= 4 is 49.5 Å². The van der Waals surface area contributed by atoms with Crippen LogP contribution in [0.15, 0.2) is 69.6 Å². The van der Waals surface area contributed by atoms with E-state index in [1.807, 2.05) is 24.3 Å². The molecule has 0 bridgehead atoms. The third kappa shape index (κ3) is 4.02. The Hall–Kier alpha value is -3.13. The van der Waals surface area contributed by atoms with Crippen molar-refractivity contribution in [3.05, 3.63) is 70.7 Å². The fourth-order valence-corrected chi connectivity index (χ4v) is 4.02. The second-order valence-corrected chi connectivity index (χ2v) is 8.04. The van der Waals surface area contributed by atoms with Gasteiger partial charge in [0, 0.05) is 21.3 Å². The summed E-state index contributed by atoms with van der Waals surface area (Å²) < 4.78 is 47.2. The molecule has 32 heavy (non-hydrogen) atoms. The summed E-state index contributed by atoms with van der Waals surface area (Å²) >= 11 is 3.31. The first-order valence-corrected chi connectivity index (χ1v) is 10.7. The number of furan rings is 1. The average Bonchev–Trinajstić information content (AvgIpc) is 3.14. The highest BCUT2D eigenvalue weighted by molar-refractivity contribution is 9.10. The van der Waals surface area contributed by atoms with Gasteiger partial charge in [-0.2, -0.15) is 8.78 Å². The third-order valence-corrected chi connectivity index (χ3v) is 5.58. The van der Waals surface area contributed by atoms with E-state index in [2.05, 4.69) is 26.0 Å². The summed E-state index contributed by atoms with van der Waals surface area (Å²) in [4.78, 5) is 12.2. The van der Waals surface area contributed by atoms with Gasteiger partial charge in [-0.3, -0.25) is 0 Å². The molecule has 3 aromatic carbocycles. The number of anilines is 1. The van der Waals surface area contributed by atoms with Crippen LogP contribution in [-0.2, 0) is 9.53 Å². The first kappa shape index (κ1) is 22.1. The second kappa shape index (κ2) is 8.78. The molecule has 5 nitrogen and oxygen atoms in total. The van der Waals surface area contributed by atoms with Crippen molar-refractivity contribution in [2.24, 2.45) is 0 Å². The highest BCUT2D eigenvalue weighted by Gasteiger charge is 2.50. The number of esters is 1. The molecule has 0 aliphatic heterocycles. The number of hydrogen-bond donors (Lipinski definition) is 1. The molecule has 0 spiro atoms. The highest BCUT2D eigenvalue weighted by atomic mass is 79.9. The SMILES string of the molecule is CCOC(=O)C(F)(F)C(Nc1cc2c(cc1OC)oc1ccccc12)c1cccc(Br)c1. The standard InChI is InChI=1S/C24H20BrF2NO4/c1-3-31-23(29)24(26,27)22(14-7-6-8-15(25)11-14)28-18-12-17-16-9-4-5-10-19(16)32-20(17)13-21(18)30-2/h4-13,22,28H,3H2,1-2H3. The van der Waals surface area contributed by atoms with E-state index in [0.29, 0.717) is 27.1 Å². The molecule has 1 heterocycles. The van der Waals surface area contributed by atoms with Crippen LogP contribution >= 0.6 is 15.9 Å². The van der Waals surface area contributed by atoms with E-state index in [-0.39, 0.29) is 12.2 Å². The summed E-state index contributed by atoms with van der Waals surface area (Å²) in [5.74, 6) is -5.16. The molecule has 0 radical (unpaired) electrons. The largest absolute Gasteiger partial charge is 0.494 e. The van der Waals surface area contributed by atoms with Gasteiger partial charge in [0.05, 0.1) is 19.4 Å². The average molecular weight is 504 g/mol. The van der Waals surface area contributed by atoms with Crippen LogP contribution < -0.4 is 10.1 Å². The lowest BCUT2D eigenvalue weighted by molar-refractivity contribution is -0.173. The Bertz CT molecular complexity index is 1290. The van der Waals surface area contributed by atoms with Crippen LogP contribution in [0.4, 0.5) is 14.5 Å². The topological polar surface area (TPSA) is 60.7 Å². The monoisotopic (exact) mass is 503 g/mol. The molecular formula is C24H20BrF2NO4. The van der Waals surface area contributed by atoms with Crippen LogP contribution in [0.3, 0.4) is 0 Å². The smallest absolute Gasteiger partial charge is 0.379 e. The van der Waals surface area contributed by atoms with E-state index in [1.54, 1.807) is 24.3 Å². The van der Waals surface area contributed by atoms with Gasteiger partial charge in [-0.05, 0) is 36.8 Å². The summed E-state index contributed by atoms with van der Waals surface area (Å²) in [7, 11) is 1.44. The maximum Gasteiger partial charge on any atom is 0.379 e. The maximum atomic E-state index is 15.3. The van der Waals surface area contributed by atoms with Gasteiger partial charge < -0.3 is 19.2 Å². The zero-order valence-electron chi connectivity index (χ0n) is 17.3. The van der Waals surface area contributed by atoms with Gasteiger partial charge in [0.25, 0.3) is 0 Å². The minimum atomic E-state index is -3.85. The van der Waals surface area contributed by atoms with Gasteiger partial charge in [-0.15, -0.1) is 0 Å². The maximum absolute atomic E-state index is 15.3. The lowest BCUT2D eigenvalue weighted by Crippen LogP contribution is -2.41. The molecule has 4 aromatic rings. The van der Waals surface area contributed by atoms with Gasteiger partial charge in [-0.1, -0.05) is 46.3 Å². The Labute approximate surface area is 191 Å². The number of alkyl halides is 2. The number of benzene rings is 3. The summed E-state index contributed by atoms with van der Waals surface area (Å²) in [6, 6.07) is 15.4. The zero-order chi connectivity index (χ0) is 22.9. The van der Waals surface area contributed by atoms with Crippen molar-refractivity contribution in [3.8, 4) is 5.75 Å². The quantitative estimate of drug-likeness (QED) is 0.284.